The molecule has 1 aromatic carbocycles. The number of carbonyl (C=O) groups is 1. The first kappa shape index (κ1) is 19.2. The maximum Gasteiger partial charge on any atom is 0.251 e. The van der Waals surface area contributed by atoms with Gasteiger partial charge in [0.1, 0.15) is 5.82 Å². The molecule has 2 aromatic heterocycles. The van der Waals surface area contributed by atoms with Crippen LogP contribution in [0.1, 0.15) is 29.8 Å². The number of hydrogen-bond acceptors (Lipinski definition) is 6. The first-order valence-corrected chi connectivity index (χ1v) is 10.1. The molecule has 0 bridgehead atoms. The monoisotopic (exact) mass is 384 g/mol. The quantitative estimate of drug-likeness (QED) is 0.481. The maximum atomic E-state index is 12.3. The van der Waals surface area contributed by atoms with Crippen molar-refractivity contribution in [2.75, 3.05) is 18.1 Å². The lowest BCUT2D eigenvalue weighted by Crippen LogP contribution is -2.27. The molecule has 3 rings (SSSR count). The molecule has 0 fully saturated rings. The first-order chi connectivity index (χ1) is 13.0. The van der Waals surface area contributed by atoms with Gasteiger partial charge in [-0.3, -0.25) is 4.79 Å². The molecule has 0 spiro atoms. The maximum absolute atomic E-state index is 12.3. The third kappa shape index (κ3) is 4.57. The van der Waals surface area contributed by atoms with Crippen molar-refractivity contribution in [1.29, 1.82) is 0 Å². The number of fused-ring (bicyclic) bond motifs is 1. The van der Waals surface area contributed by atoms with E-state index in [0.717, 1.165) is 22.4 Å². The fraction of sp³-hybridized carbons (Fsp3) is 0.368. The Kier molecular flexibility index (Phi) is 5.95. The van der Waals surface area contributed by atoms with Gasteiger partial charge in [0.25, 0.3) is 5.91 Å². The van der Waals surface area contributed by atoms with Gasteiger partial charge in [-0.05, 0) is 39.2 Å². The molecule has 0 aliphatic heterocycles. The van der Waals surface area contributed by atoms with E-state index < -0.39 is 0 Å². The summed E-state index contributed by atoms with van der Waals surface area (Å²) in [5.74, 6) is 0.700. The summed E-state index contributed by atoms with van der Waals surface area (Å²) in [4.78, 5) is 21.4. The highest BCUT2D eigenvalue weighted by Crippen LogP contribution is 2.23. The molecule has 2 N–H and O–H groups in total. The van der Waals surface area contributed by atoms with Crippen LogP contribution in [0.2, 0.25) is 0 Å². The van der Waals surface area contributed by atoms with E-state index >= 15 is 0 Å². The molecule has 142 valence electrons. The van der Waals surface area contributed by atoms with Gasteiger partial charge in [-0.15, -0.1) is 0 Å². The van der Waals surface area contributed by atoms with Crippen LogP contribution < -0.4 is 10.6 Å². The number of aromatic nitrogens is 4. The Morgan fingerprint density at radius 1 is 1.30 bits per heavy atom. The number of thioether (sulfide) groups is 1. The van der Waals surface area contributed by atoms with Crippen molar-refractivity contribution in [3.8, 4) is 0 Å². The van der Waals surface area contributed by atoms with E-state index in [1.54, 1.807) is 10.9 Å². The predicted molar refractivity (Wildman–Crippen MR) is 109 cm³/mol. The summed E-state index contributed by atoms with van der Waals surface area (Å²) in [6, 6.07) is 7.80. The summed E-state index contributed by atoms with van der Waals surface area (Å²) >= 11 is 1.49. The van der Waals surface area contributed by atoms with Crippen LogP contribution in [0.25, 0.3) is 11.0 Å². The van der Waals surface area contributed by atoms with Crippen LogP contribution in [0.5, 0.6) is 0 Å². The van der Waals surface area contributed by atoms with E-state index in [-0.39, 0.29) is 11.9 Å². The van der Waals surface area contributed by atoms with Crippen molar-refractivity contribution in [3.63, 3.8) is 0 Å². The Morgan fingerprint density at radius 3 is 2.81 bits per heavy atom. The second-order valence-corrected chi connectivity index (χ2v) is 7.36. The van der Waals surface area contributed by atoms with Crippen molar-refractivity contribution in [2.24, 2.45) is 0 Å². The summed E-state index contributed by atoms with van der Waals surface area (Å²) in [5, 5.41) is 12.3. The molecule has 0 atom stereocenters. The molecule has 0 aliphatic rings. The van der Waals surface area contributed by atoms with Gasteiger partial charge in [0.15, 0.2) is 10.8 Å². The second-order valence-electron chi connectivity index (χ2n) is 6.59. The molecule has 0 saturated heterocycles. The van der Waals surface area contributed by atoms with Crippen LogP contribution in [0.4, 0.5) is 5.82 Å². The fourth-order valence-electron chi connectivity index (χ4n) is 2.74. The largest absolute Gasteiger partial charge is 0.367 e. The number of nitrogens with zero attached hydrogens (tertiary/aromatic N) is 4. The van der Waals surface area contributed by atoms with E-state index in [1.807, 2.05) is 37.4 Å². The van der Waals surface area contributed by atoms with E-state index in [2.05, 4.69) is 39.5 Å². The van der Waals surface area contributed by atoms with Crippen LogP contribution in [0.15, 0.2) is 35.6 Å². The first-order valence-electron chi connectivity index (χ1n) is 8.87. The summed E-state index contributed by atoms with van der Waals surface area (Å²) in [6.45, 7) is 7.11. The third-order valence-corrected chi connectivity index (χ3v) is 4.52. The van der Waals surface area contributed by atoms with E-state index in [9.17, 15) is 4.79 Å². The Morgan fingerprint density at radius 2 is 2.11 bits per heavy atom. The van der Waals surface area contributed by atoms with Gasteiger partial charge in [-0.2, -0.15) is 5.10 Å². The summed E-state index contributed by atoms with van der Waals surface area (Å²) in [7, 11) is 0. The number of nitrogens with one attached hydrogen (secondary N) is 2. The standard InChI is InChI=1S/C19H24N6OS/c1-12(2)22-16-15-11-21-25(17(15)24-19(23-16)27-4)9-8-20-18(26)14-7-5-6-13(3)10-14/h5-7,10-12H,8-9H2,1-4H3,(H,20,26)(H,22,23,24). The molecule has 0 saturated carbocycles. The van der Waals surface area contributed by atoms with E-state index in [1.165, 1.54) is 11.8 Å². The SMILES string of the molecule is CSc1nc(NC(C)C)c2cnn(CCNC(=O)c3cccc(C)c3)c2n1. The number of carbonyl (C=O) groups excluding carboxylic acids is 1. The molecule has 0 aliphatic carbocycles. The van der Waals surface area contributed by atoms with Gasteiger partial charge in [0.2, 0.25) is 0 Å². The average Bonchev–Trinajstić information content (AvgIpc) is 3.04. The van der Waals surface area contributed by atoms with Gasteiger partial charge < -0.3 is 10.6 Å². The number of rotatable bonds is 7. The van der Waals surface area contributed by atoms with Crippen LogP contribution in [0.3, 0.4) is 0 Å². The predicted octanol–water partition coefficient (Wildman–Crippen LogP) is 3.11. The average molecular weight is 385 g/mol. The lowest BCUT2D eigenvalue weighted by Gasteiger charge is -2.11. The lowest BCUT2D eigenvalue weighted by atomic mass is 10.1. The number of aryl methyl sites for hydroxylation is 1. The molecule has 8 heteroatoms. The second kappa shape index (κ2) is 8.39. The van der Waals surface area contributed by atoms with Crippen LogP contribution in [-0.4, -0.2) is 44.5 Å². The van der Waals surface area contributed by atoms with Crippen molar-refractivity contribution in [3.05, 3.63) is 41.6 Å². The van der Waals surface area contributed by atoms with Crippen LogP contribution in [0, 0.1) is 6.92 Å². The molecule has 0 unspecified atom stereocenters. The Hall–Kier alpha value is -2.61. The van der Waals surface area contributed by atoms with Gasteiger partial charge in [-0.25, -0.2) is 14.6 Å². The molecule has 0 radical (unpaired) electrons. The minimum absolute atomic E-state index is 0.0863. The van der Waals surface area contributed by atoms with Gasteiger partial charge in [-0.1, -0.05) is 29.5 Å². The van der Waals surface area contributed by atoms with E-state index in [4.69, 9.17) is 0 Å². The van der Waals surface area contributed by atoms with Crippen molar-refractivity contribution in [1.82, 2.24) is 25.1 Å². The normalized spacial score (nSPS) is 11.1. The molecule has 2 heterocycles. The number of amides is 1. The van der Waals surface area contributed by atoms with Crippen molar-refractivity contribution < 1.29 is 4.79 Å². The highest BCUT2D eigenvalue weighted by molar-refractivity contribution is 7.98. The van der Waals surface area contributed by atoms with Crippen LogP contribution in [-0.2, 0) is 6.54 Å². The molecule has 7 nitrogen and oxygen atoms in total. The zero-order valence-corrected chi connectivity index (χ0v) is 16.8. The summed E-state index contributed by atoms with van der Waals surface area (Å²) < 4.78 is 1.80. The Labute approximate surface area is 163 Å². The van der Waals surface area contributed by atoms with Gasteiger partial charge in [0.05, 0.1) is 18.1 Å². The zero-order valence-electron chi connectivity index (χ0n) is 16.0. The molecule has 27 heavy (non-hydrogen) atoms. The minimum Gasteiger partial charge on any atom is -0.367 e. The summed E-state index contributed by atoms with van der Waals surface area (Å²) in [5.41, 5.74) is 2.49. The fourth-order valence-corrected chi connectivity index (χ4v) is 3.10. The highest BCUT2D eigenvalue weighted by atomic mass is 32.2. The molecular formula is C19H24N6OS. The molecular weight excluding hydrogens is 360 g/mol. The third-order valence-electron chi connectivity index (χ3n) is 3.97. The lowest BCUT2D eigenvalue weighted by molar-refractivity contribution is 0.0952. The van der Waals surface area contributed by atoms with E-state index in [0.29, 0.717) is 23.8 Å². The number of anilines is 1. The Balaban J connectivity index is 1.74. The highest BCUT2D eigenvalue weighted by Gasteiger charge is 2.14. The number of hydrogen-bond donors (Lipinski definition) is 2. The smallest absolute Gasteiger partial charge is 0.251 e. The van der Waals surface area contributed by atoms with Crippen molar-refractivity contribution >= 4 is 34.5 Å². The minimum atomic E-state index is -0.0863. The van der Waals surface area contributed by atoms with Gasteiger partial charge >= 0.3 is 0 Å². The topological polar surface area (TPSA) is 84.7 Å². The summed E-state index contributed by atoms with van der Waals surface area (Å²) in [6.07, 6.45) is 3.72. The van der Waals surface area contributed by atoms with Gasteiger partial charge in [0, 0.05) is 18.2 Å². The molecule has 3 aromatic rings. The zero-order chi connectivity index (χ0) is 19.4. The number of benzene rings is 1. The Bertz CT molecular complexity index is 953. The van der Waals surface area contributed by atoms with Crippen LogP contribution >= 0.6 is 11.8 Å². The molecule has 1 amide bonds. The van der Waals surface area contributed by atoms with Crippen molar-refractivity contribution in [2.45, 2.75) is 38.5 Å².